The fourth-order valence-electron chi connectivity index (χ4n) is 2.27. The first kappa shape index (κ1) is 9.19. The van der Waals surface area contributed by atoms with Gasteiger partial charge in [0.15, 0.2) is 0 Å². The molecule has 2 aliphatic heterocycles. The van der Waals surface area contributed by atoms with Gasteiger partial charge in [0.05, 0.1) is 12.7 Å². The second kappa shape index (κ2) is 3.78. The molecule has 0 spiro atoms. The number of hydrogen-bond acceptors (Lipinski definition) is 3. The summed E-state index contributed by atoms with van der Waals surface area (Å²) in [5.41, 5.74) is 0. The third-order valence-corrected chi connectivity index (χ3v) is 3.04. The van der Waals surface area contributed by atoms with Crippen LogP contribution in [0.2, 0.25) is 0 Å². The van der Waals surface area contributed by atoms with Crippen molar-refractivity contribution < 1.29 is 4.74 Å². The van der Waals surface area contributed by atoms with E-state index in [1.54, 1.807) is 0 Å². The van der Waals surface area contributed by atoms with Crippen molar-refractivity contribution in [1.29, 1.82) is 0 Å². The molecule has 0 unspecified atom stereocenters. The lowest BCUT2D eigenvalue weighted by Gasteiger charge is -2.33. The SMILES string of the molecule is C=CCN1C[C@@H]2[C@@H](C1)OCCN2C. The Bertz CT molecular complexity index is 195. The van der Waals surface area contributed by atoms with Gasteiger partial charge in [-0.1, -0.05) is 6.08 Å². The highest BCUT2D eigenvalue weighted by molar-refractivity contribution is 4.94. The van der Waals surface area contributed by atoms with Crippen LogP contribution >= 0.6 is 0 Å². The van der Waals surface area contributed by atoms with E-state index in [0.717, 1.165) is 32.8 Å². The van der Waals surface area contributed by atoms with Crippen molar-refractivity contribution in [3.05, 3.63) is 12.7 Å². The zero-order valence-corrected chi connectivity index (χ0v) is 8.28. The molecule has 13 heavy (non-hydrogen) atoms. The molecular formula is C10H18N2O. The summed E-state index contributed by atoms with van der Waals surface area (Å²) in [4.78, 5) is 4.82. The monoisotopic (exact) mass is 182 g/mol. The fourth-order valence-corrected chi connectivity index (χ4v) is 2.27. The lowest BCUT2D eigenvalue weighted by atomic mass is 10.1. The molecule has 2 aliphatic rings. The Labute approximate surface area is 80.0 Å². The van der Waals surface area contributed by atoms with E-state index in [-0.39, 0.29) is 0 Å². The number of fused-ring (bicyclic) bond motifs is 1. The molecule has 0 aromatic heterocycles. The Kier molecular flexibility index (Phi) is 2.67. The van der Waals surface area contributed by atoms with E-state index in [9.17, 15) is 0 Å². The molecule has 0 radical (unpaired) electrons. The molecule has 2 rings (SSSR count). The van der Waals surface area contributed by atoms with Gasteiger partial charge in [-0.2, -0.15) is 0 Å². The average Bonchev–Trinajstić information content (AvgIpc) is 2.49. The van der Waals surface area contributed by atoms with E-state index in [4.69, 9.17) is 4.74 Å². The van der Waals surface area contributed by atoms with Crippen LogP contribution in [0.25, 0.3) is 0 Å². The summed E-state index contributed by atoms with van der Waals surface area (Å²) in [5, 5.41) is 0. The van der Waals surface area contributed by atoms with Crippen LogP contribution in [0.4, 0.5) is 0 Å². The van der Waals surface area contributed by atoms with E-state index in [2.05, 4.69) is 23.4 Å². The smallest absolute Gasteiger partial charge is 0.0869 e. The molecule has 0 saturated carbocycles. The van der Waals surface area contributed by atoms with E-state index in [1.165, 1.54) is 0 Å². The Balaban J connectivity index is 1.95. The third-order valence-electron chi connectivity index (χ3n) is 3.04. The van der Waals surface area contributed by atoms with Crippen molar-refractivity contribution >= 4 is 0 Å². The van der Waals surface area contributed by atoms with Crippen LogP contribution < -0.4 is 0 Å². The predicted molar refractivity (Wildman–Crippen MR) is 52.8 cm³/mol. The Hall–Kier alpha value is -0.380. The lowest BCUT2D eigenvalue weighted by Crippen LogP contribution is -2.48. The van der Waals surface area contributed by atoms with Crippen molar-refractivity contribution in [3.63, 3.8) is 0 Å². The van der Waals surface area contributed by atoms with Gasteiger partial charge in [0.25, 0.3) is 0 Å². The van der Waals surface area contributed by atoms with Gasteiger partial charge in [-0.15, -0.1) is 6.58 Å². The molecular weight excluding hydrogens is 164 g/mol. The fraction of sp³-hybridized carbons (Fsp3) is 0.800. The first-order chi connectivity index (χ1) is 6.31. The quantitative estimate of drug-likeness (QED) is 0.567. The van der Waals surface area contributed by atoms with E-state index >= 15 is 0 Å². The normalized spacial score (nSPS) is 36.1. The summed E-state index contributed by atoms with van der Waals surface area (Å²) in [6.07, 6.45) is 2.40. The molecule has 0 amide bonds. The van der Waals surface area contributed by atoms with Crippen LogP contribution in [-0.4, -0.2) is 61.8 Å². The minimum atomic E-state index is 0.429. The molecule has 74 valence electrons. The predicted octanol–water partition coefficient (Wildman–Crippen LogP) is 0.187. The summed E-state index contributed by atoms with van der Waals surface area (Å²) in [5.74, 6) is 0. The number of nitrogens with zero attached hydrogens (tertiary/aromatic N) is 2. The summed E-state index contributed by atoms with van der Waals surface area (Å²) in [6.45, 7) is 8.92. The average molecular weight is 182 g/mol. The minimum absolute atomic E-state index is 0.429. The Morgan fingerprint density at radius 2 is 2.38 bits per heavy atom. The largest absolute Gasteiger partial charge is 0.374 e. The standard InChI is InChI=1S/C10H18N2O/c1-3-4-12-7-9-10(8-12)13-6-5-11(9)2/h3,9-10H,1,4-8H2,2H3/t9-,10-/m1/s1. The van der Waals surface area contributed by atoms with E-state index in [1.807, 2.05) is 6.08 Å². The maximum Gasteiger partial charge on any atom is 0.0869 e. The third kappa shape index (κ3) is 1.77. The van der Waals surface area contributed by atoms with Crippen molar-refractivity contribution in [2.45, 2.75) is 12.1 Å². The highest BCUT2D eigenvalue weighted by Gasteiger charge is 2.37. The van der Waals surface area contributed by atoms with Crippen LogP contribution in [0.5, 0.6) is 0 Å². The van der Waals surface area contributed by atoms with E-state index < -0.39 is 0 Å². The number of likely N-dealkylation sites (tertiary alicyclic amines) is 1. The molecule has 2 atom stereocenters. The topological polar surface area (TPSA) is 15.7 Å². The molecule has 2 saturated heterocycles. The van der Waals surface area contributed by atoms with Gasteiger partial charge < -0.3 is 4.74 Å². The van der Waals surface area contributed by atoms with Gasteiger partial charge in [-0.3, -0.25) is 9.80 Å². The molecule has 3 heteroatoms. The van der Waals surface area contributed by atoms with Crippen LogP contribution in [0.1, 0.15) is 0 Å². The van der Waals surface area contributed by atoms with Crippen molar-refractivity contribution in [2.24, 2.45) is 0 Å². The zero-order chi connectivity index (χ0) is 9.26. The molecule has 0 aromatic rings. The van der Waals surface area contributed by atoms with Crippen molar-refractivity contribution in [1.82, 2.24) is 9.80 Å². The highest BCUT2D eigenvalue weighted by Crippen LogP contribution is 2.21. The number of hydrogen-bond donors (Lipinski definition) is 0. The first-order valence-corrected chi connectivity index (χ1v) is 4.96. The second-order valence-corrected chi connectivity index (χ2v) is 3.96. The maximum absolute atomic E-state index is 5.73. The summed E-state index contributed by atoms with van der Waals surface area (Å²) >= 11 is 0. The van der Waals surface area contributed by atoms with Gasteiger partial charge in [0, 0.05) is 32.2 Å². The van der Waals surface area contributed by atoms with Crippen molar-refractivity contribution in [3.8, 4) is 0 Å². The molecule has 0 N–H and O–H groups in total. The van der Waals surface area contributed by atoms with Gasteiger partial charge in [-0.05, 0) is 7.05 Å². The summed E-state index contributed by atoms with van der Waals surface area (Å²) in [6, 6.07) is 0.605. The molecule has 3 nitrogen and oxygen atoms in total. The van der Waals surface area contributed by atoms with Gasteiger partial charge in [0.1, 0.15) is 0 Å². The maximum atomic E-state index is 5.73. The summed E-state index contributed by atoms with van der Waals surface area (Å²) < 4.78 is 5.73. The number of likely N-dealkylation sites (N-methyl/N-ethyl adjacent to an activating group) is 1. The number of morpholine rings is 1. The summed E-state index contributed by atoms with van der Waals surface area (Å²) in [7, 11) is 2.19. The van der Waals surface area contributed by atoms with Crippen LogP contribution in [0.15, 0.2) is 12.7 Å². The second-order valence-electron chi connectivity index (χ2n) is 3.96. The number of ether oxygens (including phenoxy) is 1. The van der Waals surface area contributed by atoms with Crippen LogP contribution in [0, 0.1) is 0 Å². The Morgan fingerprint density at radius 1 is 1.54 bits per heavy atom. The minimum Gasteiger partial charge on any atom is -0.374 e. The number of rotatable bonds is 2. The molecule has 0 aliphatic carbocycles. The van der Waals surface area contributed by atoms with Crippen LogP contribution in [-0.2, 0) is 4.74 Å². The highest BCUT2D eigenvalue weighted by atomic mass is 16.5. The van der Waals surface area contributed by atoms with Gasteiger partial charge in [-0.25, -0.2) is 0 Å². The zero-order valence-electron chi connectivity index (χ0n) is 8.28. The first-order valence-electron chi connectivity index (χ1n) is 4.96. The van der Waals surface area contributed by atoms with Gasteiger partial charge >= 0.3 is 0 Å². The van der Waals surface area contributed by atoms with Crippen molar-refractivity contribution in [2.75, 3.05) is 39.8 Å². The Morgan fingerprint density at radius 3 is 3.08 bits per heavy atom. The molecule has 0 aromatic carbocycles. The molecule has 2 heterocycles. The molecule has 0 bridgehead atoms. The van der Waals surface area contributed by atoms with Crippen LogP contribution in [0.3, 0.4) is 0 Å². The lowest BCUT2D eigenvalue weighted by molar-refractivity contribution is -0.0369. The van der Waals surface area contributed by atoms with Gasteiger partial charge in [0.2, 0.25) is 0 Å². The molecule has 2 fully saturated rings. The van der Waals surface area contributed by atoms with E-state index in [0.29, 0.717) is 12.1 Å².